The summed E-state index contributed by atoms with van der Waals surface area (Å²) in [4.78, 5) is 11.9. The van der Waals surface area contributed by atoms with Crippen LogP contribution in [0.3, 0.4) is 0 Å². The van der Waals surface area contributed by atoms with Crippen molar-refractivity contribution < 1.29 is 9.53 Å². The number of hydrogen-bond donors (Lipinski definition) is 0. The molecule has 2 nitrogen and oxygen atoms in total. The van der Waals surface area contributed by atoms with E-state index < -0.39 is 0 Å². The first-order valence-corrected chi connectivity index (χ1v) is 5.45. The summed E-state index contributed by atoms with van der Waals surface area (Å²) >= 11 is 5.86. The van der Waals surface area contributed by atoms with Crippen molar-refractivity contribution in [1.82, 2.24) is 0 Å². The number of ketones is 1. The van der Waals surface area contributed by atoms with E-state index in [1.54, 1.807) is 25.3 Å². The molecule has 0 aliphatic heterocycles. The third-order valence-corrected chi connectivity index (χ3v) is 2.87. The molecule has 1 fully saturated rings. The van der Waals surface area contributed by atoms with Crippen molar-refractivity contribution in [3.05, 3.63) is 28.8 Å². The molecular formula is C12H13ClO2. The Labute approximate surface area is 94.2 Å². The van der Waals surface area contributed by atoms with E-state index in [-0.39, 0.29) is 5.78 Å². The standard InChI is InChI=1S/C12H13ClO2/c1-15-12-5-4-9(13)7-10(12)11(14)6-8-2-3-8/h4-5,7-8H,2-3,6H2,1H3. The van der Waals surface area contributed by atoms with Crippen LogP contribution in [0.25, 0.3) is 0 Å². The second-order valence-electron chi connectivity index (χ2n) is 3.92. The van der Waals surface area contributed by atoms with Crippen LogP contribution in [0, 0.1) is 5.92 Å². The molecule has 0 bridgehead atoms. The predicted octanol–water partition coefficient (Wildman–Crippen LogP) is 3.33. The summed E-state index contributed by atoms with van der Waals surface area (Å²) in [6, 6.07) is 5.15. The first-order chi connectivity index (χ1) is 7.20. The molecule has 0 spiro atoms. The fourth-order valence-electron chi connectivity index (χ4n) is 1.59. The molecule has 1 aliphatic rings. The van der Waals surface area contributed by atoms with E-state index in [9.17, 15) is 4.79 Å². The molecule has 1 saturated carbocycles. The number of methoxy groups -OCH3 is 1. The zero-order valence-electron chi connectivity index (χ0n) is 8.63. The van der Waals surface area contributed by atoms with Crippen LogP contribution < -0.4 is 4.74 Å². The molecule has 1 aromatic rings. The van der Waals surface area contributed by atoms with Crippen molar-refractivity contribution in [2.75, 3.05) is 7.11 Å². The van der Waals surface area contributed by atoms with Crippen molar-refractivity contribution in [2.45, 2.75) is 19.3 Å². The maximum Gasteiger partial charge on any atom is 0.166 e. The Morgan fingerprint density at radius 2 is 2.27 bits per heavy atom. The van der Waals surface area contributed by atoms with Crippen LogP contribution in [0.15, 0.2) is 18.2 Å². The zero-order chi connectivity index (χ0) is 10.8. The minimum Gasteiger partial charge on any atom is -0.496 e. The van der Waals surface area contributed by atoms with E-state index >= 15 is 0 Å². The highest BCUT2D eigenvalue weighted by molar-refractivity contribution is 6.31. The molecule has 0 heterocycles. The summed E-state index contributed by atoms with van der Waals surface area (Å²) in [5.74, 6) is 1.34. The van der Waals surface area contributed by atoms with Crippen molar-refractivity contribution in [3.63, 3.8) is 0 Å². The molecule has 0 radical (unpaired) electrons. The van der Waals surface area contributed by atoms with Gasteiger partial charge in [-0.2, -0.15) is 0 Å². The fourth-order valence-corrected chi connectivity index (χ4v) is 1.76. The van der Waals surface area contributed by atoms with Crippen molar-refractivity contribution in [1.29, 1.82) is 0 Å². The minimum atomic E-state index is 0.136. The van der Waals surface area contributed by atoms with E-state index in [0.717, 1.165) is 0 Å². The Balaban J connectivity index is 2.23. The number of benzene rings is 1. The largest absolute Gasteiger partial charge is 0.496 e. The normalized spacial score (nSPS) is 15.1. The first-order valence-electron chi connectivity index (χ1n) is 5.07. The van der Waals surface area contributed by atoms with Gasteiger partial charge in [-0.1, -0.05) is 11.6 Å². The van der Waals surface area contributed by atoms with Gasteiger partial charge in [0.1, 0.15) is 5.75 Å². The van der Waals surface area contributed by atoms with E-state index in [2.05, 4.69) is 0 Å². The van der Waals surface area contributed by atoms with Gasteiger partial charge < -0.3 is 4.74 Å². The lowest BCUT2D eigenvalue weighted by molar-refractivity contribution is 0.0973. The van der Waals surface area contributed by atoms with Crippen LogP contribution in [0.2, 0.25) is 5.02 Å². The molecule has 0 unspecified atom stereocenters. The quantitative estimate of drug-likeness (QED) is 0.734. The minimum absolute atomic E-state index is 0.136. The van der Waals surface area contributed by atoms with Crippen LogP contribution in [-0.2, 0) is 0 Å². The van der Waals surface area contributed by atoms with E-state index in [4.69, 9.17) is 16.3 Å². The molecule has 0 atom stereocenters. The molecule has 1 aromatic carbocycles. The second-order valence-corrected chi connectivity index (χ2v) is 4.35. The Hall–Kier alpha value is -1.02. The fraction of sp³-hybridized carbons (Fsp3) is 0.417. The highest BCUT2D eigenvalue weighted by Crippen LogP contribution is 2.35. The van der Waals surface area contributed by atoms with Gasteiger partial charge in [-0.25, -0.2) is 0 Å². The lowest BCUT2D eigenvalue weighted by Gasteiger charge is -2.07. The van der Waals surface area contributed by atoms with Gasteiger partial charge in [0, 0.05) is 11.4 Å². The van der Waals surface area contributed by atoms with Crippen LogP contribution >= 0.6 is 11.6 Å². The molecule has 15 heavy (non-hydrogen) atoms. The van der Waals surface area contributed by atoms with Crippen LogP contribution in [0.4, 0.5) is 0 Å². The number of carbonyl (C=O) groups is 1. The third-order valence-electron chi connectivity index (χ3n) is 2.63. The van der Waals surface area contributed by atoms with Crippen LogP contribution in [-0.4, -0.2) is 12.9 Å². The number of Topliss-reactive ketones (excluding diaryl/α,β-unsaturated/α-hetero) is 1. The van der Waals surface area contributed by atoms with E-state index in [0.29, 0.717) is 28.7 Å². The Kier molecular flexibility index (Phi) is 2.96. The van der Waals surface area contributed by atoms with Crippen molar-refractivity contribution in [2.24, 2.45) is 5.92 Å². The van der Waals surface area contributed by atoms with E-state index in [1.165, 1.54) is 12.8 Å². The SMILES string of the molecule is COc1ccc(Cl)cc1C(=O)CC1CC1. The maximum absolute atomic E-state index is 11.9. The van der Waals surface area contributed by atoms with Gasteiger partial charge in [0.25, 0.3) is 0 Å². The monoisotopic (exact) mass is 224 g/mol. The van der Waals surface area contributed by atoms with Gasteiger partial charge in [0.05, 0.1) is 12.7 Å². The third kappa shape index (κ3) is 2.51. The number of halogens is 1. The molecule has 80 valence electrons. The molecule has 0 saturated heterocycles. The van der Waals surface area contributed by atoms with Gasteiger partial charge in [-0.3, -0.25) is 4.79 Å². The van der Waals surface area contributed by atoms with Gasteiger partial charge in [-0.05, 0) is 37.0 Å². The van der Waals surface area contributed by atoms with Gasteiger partial charge in [0.2, 0.25) is 0 Å². The summed E-state index contributed by atoms with van der Waals surface area (Å²) in [6.45, 7) is 0. The smallest absolute Gasteiger partial charge is 0.166 e. The van der Waals surface area contributed by atoms with Crippen molar-refractivity contribution in [3.8, 4) is 5.75 Å². The summed E-state index contributed by atoms with van der Waals surface area (Å²) in [7, 11) is 1.57. The first kappa shape index (κ1) is 10.5. The summed E-state index contributed by atoms with van der Waals surface area (Å²) in [5.41, 5.74) is 0.608. The molecule has 1 aliphatic carbocycles. The van der Waals surface area contributed by atoms with E-state index in [1.807, 2.05) is 0 Å². The highest BCUT2D eigenvalue weighted by atomic mass is 35.5. The molecule has 0 N–H and O–H groups in total. The molecule has 0 amide bonds. The summed E-state index contributed by atoms with van der Waals surface area (Å²) in [5, 5.41) is 0.579. The molecule has 2 rings (SSSR count). The number of rotatable bonds is 4. The lowest BCUT2D eigenvalue weighted by atomic mass is 10.0. The predicted molar refractivity (Wildman–Crippen MR) is 59.7 cm³/mol. The van der Waals surface area contributed by atoms with Gasteiger partial charge in [-0.15, -0.1) is 0 Å². The number of ether oxygens (including phenoxy) is 1. The number of carbonyl (C=O) groups excluding carboxylic acids is 1. The molecular weight excluding hydrogens is 212 g/mol. The molecule has 0 aromatic heterocycles. The van der Waals surface area contributed by atoms with Gasteiger partial charge >= 0.3 is 0 Å². The Bertz CT molecular complexity index is 383. The van der Waals surface area contributed by atoms with Crippen LogP contribution in [0.1, 0.15) is 29.6 Å². The highest BCUT2D eigenvalue weighted by Gasteiger charge is 2.26. The zero-order valence-corrected chi connectivity index (χ0v) is 9.38. The molecule has 3 heteroatoms. The Morgan fingerprint density at radius 3 is 2.87 bits per heavy atom. The van der Waals surface area contributed by atoms with Crippen LogP contribution in [0.5, 0.6) is 5.75 Å². The topological polar surface area (TPSA) is 26.3 Å². The second kappa shape index (κ2) is 4.23. The average molecular weight is 225 g/mol. The Morgan fingerprint density at radius 1 is 1.53 bits per heavy atom. The maximum atomic E-state index is 11.9. The number of hydrogen-bond acceptors (Lipinski definition) is 2. The van der Waals surface area contributed by atoms with Crippen molar-refractivity contribution >= 4 is 17.4 Å². The summed E-state index contributed by atoms with van der Waals surface area (Å²) in [6.07, 6.45) is 2.97. The lowest BCUT2D eigenvalue weighted by Crippen LogP contribution is -2.03. The summed E-state index contributed by atoms with van der Waals surface area (Å²) < 4.78 is 5.14. The average Bonchev–Trinajstić information content (AvgIpc) is 3.01. The van der Waals surface area contributed by atoms with Gasteiger partial charge in [0.15, 0.2) is 5.78 Å².